The maximum absolute atomic E-state index is 12.3. The van der Waals surface area contributed by atoms with E-state index >= 15 is 0 Å². The SMILES string of the molecule is Cc1ccc(NC(=O)Cc2nc(CN(C)[C@H](C)c3nc4ccccc4s3)cs2)cc1. The summed E-state index contributed by atoms with van der Waals surface area (Å²) in [5.41, 5.74) is 4.01. The maximum atomic E-state index is 12.3. The molecular formula is C23H24N4OS2. The molecule has 2 heterocycles. The number of nitrogens with zero attached hydrogens (tertiary/aromatic N) is 3. The van der Waals surface area contributed by atoms with Crippen LogP contribution in [0.4, 0.5) is 5.69 Å². The highest BCUT2D eigenvalue weighted by molar-refractivity contribution is 7.18. The first kappa shape index (κ1) is 20.7. The summed E-state index contributed by atoms with van der Waals surface area (Å²) < 4.78 is 1.21. The molecule has 7 heteroatoms. The normalized spacial score (nSPS) is 12.4. The average Bonchev–Trinajstić information content (AvgIpc) is 3.35. The van der Waals surface area contributed by atoms with Gasteiger partial charge < -0.3 is 5.32 Å². The van der Waals surface area contributed by atoms with Crippen LogP contribution in [0.5, 0.6) is 0 Å². The molecule has 0 aliphatic carbocycles. The molecular weight excluding hydrogens is 412 g/mol. The van der Waals surface area contributed by atoms with Gasteiger partial charge in [0.1, 0.15) is 10.0 Å². The molecule has 0 saturated carbocycles. The third-order valence-electron chi connectivity index (χ3n) is 4.99. The first-order valence-corrected chi connectivity index (χ1v) is 11.5. The minimum Gasteiger partial charge on any atom is -0.326 e. The van der Waals surface area contributed by atoms with Crippen molar-refractivity contribution in [3.63, 3.8) is 0 Å². The van der Waals surface area contributed by atoms with Gasteiger partial charge in [0.05, 0.1) is 28.4 Å². The summed E-state index contributed by atoms with van der Waals surface area (Å²) in [4.78, 5) is 24.0. The minimum absolute atomic E-state index is 0.0454. The molecule has 0 aliphatic heterocycles. The monoisotopic (exact) mass is 436 g/mol. The number of rotatable bonds is 7. The van der Waals surface area contributed by atoms with Crippen LogP contribution in [0.25, 0.3) is 10.2 Å². The van der Waals surface area contributed by atoms with Gasteiger partial charge in [-0.05, 0) is 45.2 Å². The Bertz CT molecular complexity index is 1120. The second-order valence-corrected chi connectivity index (χ2v) is 9.44. The Morgan fingerprint density at radius 1 is 1.13 bits per heavy atom. The number of anilines is 1. The number of hydrogen-bond donors (Lipinski definition) is 1. The predicted octanol–water partition coefficient (Wildman–Crippen LogP) is 5.44. The molecule has 0 unspecified atom stereocenters. The number of fused-ring (bicyclic) bond motifs is 1. The van der Waals surface area contributed by atoms with Crippen molar-refractivity contribution in [1.29, 1.82) is 0 Å². The smallest absolute Gasteiger partial charge is 0.231 e. The van der Waals surface area contributed by atoms with Crippen LogP contribution in [0.3, 0.4) is 0 Å². The van der Waals surface area contributed by atoms with Gasteiger partial charge in [0.15, 0.2) is 0 Å². The van der Waals surface area contributed by atoms with E-state index in [1.54, 1.807) is 11.3 Å². The zero-order chi connectivity index (χ0) is 21.1. The second-order valence-electron chi connectivity index (χ2n) is 7.43. The molecule has 4 rings (SSSR count). The Labute approximate surface area is 184 Å². The van der Waals surface area contributed by atoms with E-state index in [0.29, 0.717) is 6.54 Å². The number of aryl methyl sites for hydroxylation is 1. The highest BCUT2D eigenvalue weighted by Gasteiger charge is 2.18. The number of aromatic nitrogens is 2. The van der Waals surface area contributed by atoms with Crippen molar-refractivity contribution < 1.29 is 4.79 Å². The molecule has 0 spiro atoms. The standard InChI is InChI=1S/C23H24N4OS2/c1-15-8-10-17(11-9-15)24-21(28)12-22-25-18(14-29-22)13-27(3)16(2)23-26-19-6-4-5-7-20(19)30-23/h4-11,14,16H,12-13H2,1-3H3,(H,24,28)/t16-/m1/s1. The van der Waals surface area contributed by atoms with Crippen LogP contribution in [-0.2, 0) is 17.8 Å². The van der Waals surface area contributed by atoms with Crippen LogP contribution in [-0.4, -0.2) is 27.8 Å². The fourth-order valence-corrected chi connectivity index (χ4v) is 5.00. The highest BCUT2D eigenvalue weighted by atomic mass is 32.1. The molecule has 4 aromatic rings. The molecule has 0 fully saturated rings. The number of carbonyl (C=O) groups is 1. The van der Waals surface area contributed by atoms with E-state index in [1.807, 2.05) is 48.7 Å². The summed E-state index contributed by atoms with van der Waals surface area (Å²) >= 11 is 3.27. The largest absolute Gasteiger partial charge is 0.326 e. The van der Waals surface area contributed by atoms with Crippen molar-refractivity contribution in [2.75, 3.05) is 12.4 Å². The van der Waals surface area contributed by atoms with Gasteiger partial charge in [-0.1, -0.05) is 29.8 Å². The van der Waals surface area contributed by atoms with Gasteiger partial charge in [-0.15, -0.1) is 22.7 Å². The van der Waals surface area contributed by atoms with E-state index in [0.717, 1.165) is 26.9 Å². The molecule has 30 heavy (non-hydrogen) atoms. The van der Waals surface area contributed by atoms with Crippen LogP contribution in [0.2, 0.25) is 0 Å². The Hall–Kier alpha value is -2.61. The van der Waals surface area contributed by atoms with E-state index < -0.39 is 0 Å². The third-order valence-corrected chi connectivity index (χ3v) is 7.09. The van der Waals surface area contributed by atoms with Crippen molar-refractivity contribution in [3.8, 4) is 0 Å². The Morgan fingerprint density at radius 2 is 1.90 bits per heavy atom. The lowest BCUT2D eigenvalue weighted by Crippen LogP contribution is -2.22. The number of benzene rings is 2. The summed E-state index contributed by atoms with van der Waals surface area (Å²) in [6.45, 7) is 4.91. The van der Waals surface area contributed by atoms with Crippen molar-refractivity contribution in [1.82, 2.24) is 14.9 Å². The van der Waals surface area contributed by atoms with Gasteiger partial charge >= 0.3 is 0 Å². The van der Waals surface area contributed by atoms with Gasteiger partial charge in [0, 0.05) is 17.6 Å². The molecule has 1 atom stereocenters. The fourth-order valence-electron chi connectivity index (χ4n) is 3.13. The van der Waals surface area contributed by atoms with Gasteiger partial charge in [-0.3, -0.25) is 9.69 Å². The van der Waals surface area contributed by atoms with Crippen LogP contribution >= 0.6 is 22.7 Å². The van der Waals surface area contributed by atoms with Gasteiger partial charge in [-0.25, -0.2) is 9.97 Å². The van der Waals surface area contributed by atoms with E-state index in [4.69, 9.17) is 4.98 Å². The van der Waals surface area contributed by atoms with E-state index in [2.05, 4.69) is 41.3 Å². The summed E-state index contributed by atoms with van der Waals surface area (Å²) in [6, 6.07) is 16.2. The number of amides is 1. The quantitative estimate of drug-likeness (QED) is 0.419. The fraction of sp³-hybridized carbons (Fsp3) is 0.261. The second kappa shape index (κ2) is 9.04. The van der Waals surface area contributed by atoms with Gasteiger partial charge in [0.25, 0.3) is 0 Å². The summed E-state index contributed by atoms with van der Waals surface area (Å²) in [7, 11) is 2.08. The average molecular weight is 437 g/mol. The van der Waals surface area contributed by atoms with E-state index in [-0.39, 0.29) is 18.4 Å². The van der Waals surface area contributed by atoms with Gasteiger partial charge in [0.2, 0.25) is 5.91 Å². The van der Waals surface area contributed by atoms with E-state index in [1.165, 1.54) is 21.6 Å². The minimum atomic E-state index is -0.0454. The Kier molecular flexibility index (Phi) is 6.22. The van der Waals surface area contributed by atoms with Crippen molar-refractivity contribution >= 4 is 44.5 Å². The molecule has 0 radical (unpaired) electrons. The maximum Gasteiger partial charge on any atom is 0.231 e. The molecule has 1 N–H and O–H groups in total. The third kappa shape index (κ3) is 4.92. The van der Waals surface area contributed by atoms with Gasteiger partial charge in [-0.2, -0.15) is 0 Å². The number of hydrogen-bond acceptors (Lipinski definition) is 6. The highest BCUT2D eigenvalue weighted by Crippen LogP contribution is 2.29. The van der Waals surface area contributed by atoms with Crippen LogP contribution < -0.4 is 5.32 Å². The lowest BCUT2D eigenvalue weighted by atomic mass is 10.2. The summed E-state index contributed by atoms with van der Waals surface area (Å²) in [5.74, 6) is -0.0454. The summed E-state index contributed by atoms with van der Waals surface area (Å²) in [6.07, 6.45) is 0.287. The molecule has 154 valence electrons. The molecule has 0 saturated heterocycles. The number of para-hydroxylation sites is 1. The first-order valence-electron chi connectivity index (χ1n) is 9.83. The number of nitrogens with one attached hydrogen (secondary N) is 1. The Morgan fingerprint density at radius 3 is 2.67 bits per heavy atom. The van der Waals surface area contributed by atoms with Crippen molar-refractivity contribution in [2.24, 2.45) is 0 Å². The van der Waals surface area contributed by atoms with Crippen LogP contribution in [0.1, 0.15) is 34.2 Å². The van der Waals surface area contributed by atoms with Crippen molar-refractivity contribution in [3.05, 3.63) is 75.2 Å². The predicted molar refractivity (Wildman–Crippen MR) is 125 cm³/mol. The van der Waals surface area contributed by atoms with E-state index in [9.17, 15) is 4.79 Å². The lowest BCUT2D eigenvalue weighted by molar-refractivity contribution is -0.115. The molecule has 2 aromatic heterocycles. The first-order chi connectivity index (χ1) is 14.5. The van der Waals surface area contributed by atoms with Crippen LogP contribution in [0.15, 0.2) is 53.9 Å². The topological polar surface area (TPSA) is 58.1 Å². The Balaban J connectivity index is 1.35. The number of carbonyl (C=O) groups excluding carboxylic acids is 1. The zero-order valence-corrected chi connectivity index (χ0v) is 18.9. The lowest BCUT2D eigenvalue weighted by Gasteiger charge is -2.21. The number of thiazole rings is 2. The van der Waals surface area contributed by atoms with Crippen LogP contribution in [0, 0.1) is 6.92 Å². The zero-order valence-electron chi connectivity index (χ0n) is 17.3. The molecule has 0 bridgehead atoms. The van der Waals surface area contributed by atoms with Crippen molar-refractivity contribution in [2.45, 2.75) is 32.9 Å². The molecule has 5 nitrogen and oxygen atoms in total. The molecule has 1 amide bonds. The summed E-state index contributed by atoms with van der Waals surface area (Å²) in [5, 5.41) is 6.90. The molecule has 2 aromatic carbocycles. The molecule has 0 aliphatic rings.